The Kier molecular flexibility index (Phi) is 4.21. The van der Waals surface area contributed by atoms with Crippen molar-refractivity contribution in [2.45, 2.75) is 19.5 Å². The molecule has 2 unspecified atom stereocenters. The van der Waals surface area contributed by atoms with Crippen LogP contribution in [0, 0.1) is 5.21 Å². The van der Waals surface area contributed by atoms with Crippen LogP contribution in [0.2, 0.25) is 0 Å². The highest BCUT2D eigenvalue weighted by molar-refractivity contribution is 7.22. The van der Waals surface area contributed by atoms with Gasteiger partial charge in [-0.05, 0) is 37.2 Å². The van der Waals surface area contributed by atoms with E-state index in [9.17, 15) is 5.21 Å². The van der Waals surface area contributed by atoms with Crippen LogP contribution in [0.1, 0.15) is 12.5 Å². The van der Waals surface area contributed by atoms with Crippen molar-refractivity contribution in [3.8, 4) is 0 Å². The lowest BCUT2D eigenvalue weighted by Gasteiger charge is -2.40. The van der Waals surface area contributed by atoms with Gasteiger partial charge in [-0.3, -0.25) is 9.55 Å². The molecule has 0 spiro atoms. The van der Waals surface area contributed by atoms with Crippen LogP contribution >= 0.6 is 11.3 Å². The molecule has 6 heteroatoms. The van der Waals surface area contributed by atoms with Crippen molar-refractivity contribution in [2.24, 2.45) is 0 Å². The summed E-state index contributed by atoms with van der Waals surface area (Å²) in [7, 11) is 1.99. The van der Waals surface area contributed by atoms with Crippen molar-refractivity contribution in [2.75, 3.05) is 25.6 Å². The van der Waals surface area contributed by atoms with Crippen molar-refractivity contribution >= 4 is 32.4 Å². The molecule has 0 radical (unpaired) electrons. The van der Waals surface area contributed by atoms with Crippen molar-refractivity contribution in [1.29, 1.82) is 0 Å². The van der Waals surface area contributed by atoms with Crippen LogP contribution in [0.15, 0.2) is 48.5 Å². The zero-order valence-electron chi connectivity index (χ0n) is 14.5. The van der Waals surface area contributed by atoms with E-state index in [0.29, 0.717) is 18.3 Å². The fourth-order valence-electron chi connectivity index (χ4n) is 3.46. The van der Waals surface area contributed by atoms with Gasteiger partial charge in [0.25, 0.3) is 5.13 Å². The number of quaternary nitrogens is 1. The van der Waals surface area contributed by atoms with Crippen LogP contribution in [0.3, 0.4) is 0 Å². The zero-order chi connectivity index (χ0) is 17.4. The molecule has 5 nitrogen and oxygen atoms in total. The summed E-state index contributed by atoms with van der Waals surface area (Å²) in [5.74, 6) is 0. The van der Waals surface area contributed by atoms with Gasteiger partial charge in [-0.25, -0.2) is 0 Å². The first-order valence-corrected chi connectivity index (χ1v) is 9.39. The van der Waals surface area contributed by atoms with Crippen molar-refractivity contribution in [3.05, 3.63) is 59.3 Å². The van der Waals surface area contributed by atoms with E-state index in [1.807, 2.05) is 43.4 Å². The lowest BCUT2D eigenvalue weighted by molar-refractivity contribution is 0.323. The lowest BCUT2D eigenvalue weighted by Crippen LogP contribution is -2.52. The SMILES string of the molecule is CCc1ccccc1NC1CN(C)C[N+]1([O-])c1nc2ccccc2s1. The van der Waals surface area contributed by atoms with Crippen molar-refractivity contribution in [1.82, 2.24) is 14.5 Å². The third-order valence-electron chi connectivity index (χ3n) is 4.77. The lowest BCUT2D eigenvalue weighted by atomic mass is 10.1. The number of para-hydroxylation sites is 2. The van der Waals surface area contributed by atoms with Gasteiger partial charge in [0, 0.05) is 5.69 Å². The molecule has 0 saturated carbocycles. The summed E-state index contributed by atoms with van der Waals surface area (Å²) in [4.78, 5) is 6.72. The first-order valence-electron chi connectivity index (χ1n) is 8.58. The molecule has 1 N–H and O–H groups in total. The summed E-state index contributed by atoms with van der Waals surface area (Å²) in [6.45, 7) is 3.23. The maximum atomic E-state index is 13.8. The van der Waals surface area contributed by atoms with E-state index in [4.69, 9.17) is 0 Å². The number of nitrogens with one attached hydrogen (secondary N) is 1. The molecule has 3 aromatic rings. The number of aromatic nitrogens is 1. The highest BCUT2D eigenvalue weighted by atomic mass is 32.1. The summed E-state index contributed by atoms with van der Waals surface area (Å²) in [6.07, 6.45) is 0.671. The van der Waals surface area contributed by atoms with Crippen LogP contribution < -0.4 is 9.96 Å². The van der Waals surface area contributed by atoms with Gasteiger partial charge in [-0.15, -0.1) is 0 Å². The molecule has 1 fully saturated rings. The minimum atomic E-state index is -0.451. The molecule has 0 amide bonds. The van der Waals surface area contributed by atoms with E-state index in [-0.39, 0.29) is 6.17 Å². The van der Waals surface area contributed by atoms with Gasteiger partial charge in [-0.2, -0.15) is 4.98 Å². The number of benzene rings is 2. The van der Waals surface area contributed by atoms with E-state index in [1.165, 1.54) is 16.9 Å². The van der Waals surface area contributed by atoms with Gasteiger partial charge < -0.3 is 10.5 Å². The minimum Gasteiger partial charge on any atom is -0.623 e. The maximum Gasteiger partial charge on any atom is 0.290 e. The van der Waals surface area contributed by atoms with Crippen molar-refractivity contribution in [3.63, 3.8) is 0 Å². The summed E-state index contributed by atoms with van der Waals surface area (Å²) in [5.41, 5.74) is 3.18. The number of hydrogen-bond donors (Lipinski definition) is 1. The van der Waals surface area contributed by atoms with Crippen LogP contribution in [-0.2, 0) is 6.42 Å². The molecular formula is C19H22N4OS. The molecule has 25 heavy (non-hydrogen) atoms. The molecule has 1 saturated heterocycles. The van der Waals surface area contributed by atoms with E-state index in [2.05, 4.69) is 34.3 Å². The molecule has 4 rings (SSSR count). The maximum absolute atomic E-state index is 13.8. The van der Waals surface area contributed by atoms with Crippen molar-refractivity contribution < 1.29 is 0 Å². The average Bonchev–Trinajstić information content (AvgIpc) is 3.17. The Bertz CT molecular complexity index is 863. The molecule has 2 atom stereocenters. The summed E-state index contributed by atoms with van der Waals surface area (Å²) in [6, 6.07) is 16.2. The molecule has 1 aromatic heterocycles. The first-order chi connectivity index (χ1) is 12.1. The highest BCUT2D eigenvalue weighted by Crippen LogP contribution is 2.37. The van der Waals surface area contributed by atoms with Gasteiger partial charge in [0.15, 0.2) is 6.17 Å². The minimum absolute atomic E-state index is 0.265. The second-order valence-corrected chi connectivity index (χ2v) is 7.62. The molecule has 2 heterocycles. The van der Waals surface area contributed by atoms with E-state index in [0.717, 1.165) is 22.3 Å². The molecule has 1 aliphatic rings. The number of fused-ring (bicyclic) bond motifs is 1. The number of aryl methyl sites for hydroxylation is 1. The second kappa shape index (κ2) is 6.38. The Balaban J connectivity index is 1.71. The topological polar surface area (TPSA) is 51.2 Å². The molecule has 130 valence electrons. The number of likely N-dealkylation sites (N-methyl/N-ethyl adjacent to an activating group) is 1. The summed E-state index contributed by atoms with van der Waals surface area (Å²) >= 11 is 1.50. The molecular weight excluding hydrogens is 332 g/mol. The standard InChI is InChI=1S/C19H22N4OS/c1-3-14-8-4-5-9-15(14)20-18-12-22(2)13-23(18,24)19-21-16-10-6-7-11-17(16)25-19/h4-11,18,20H,3,12-13H2,1-2H3. The molecule has 1 aliphatic heterocycles. The fraction of sp³-hybridized carbons (Fsp3) is 0.316. The molecule has 2 aromatic carbocycles. The number of hydrogen-bond acceptors (Lipinski definition) is 5. The van der Waals surface area contributed by atoms with E-state index < -0.39 is 4.65 Å². The third-order valence-corrected chi connectivity index (χ3v) is 5.91. The Morgan fingerprint density at radius 3 is 2.80 bits per heavy atom. The number of thiazole rings is 1. The number of anilines is 1. The Morgan fingerprint density at radius 1 is 1.24 bits per heavy atom. The van der Waals surface area contributed by atoms with Crippen LogP contribution in [0.25, 0.3) is 10.2 Å². The number of nitrogens with zero attached hydrogens (tertiary/aromatic N) is 3. The summed E-state index contributed by atoms with van der Waals surface area (Å²) < 4.78 is 0.613. The Hall–Kier alpha value is -1.99. The predicted molar refractivity (Wildman–Crippen MR) is 106 cm³/mol. The van der Waals surface area contributed by atoms with Crippen LogP contribution in [0.4, 0.5) is 10.8 Å². The average molecular weight is 354 g/mol. The normalized spacial score (nSPS) is 24.0. The molecule has 0 aliphatic carbocycles. The summed E-state index contributed by atoms with van der Waals surface area (Å²) in [5, 5.41) is 17.9. The largest absolute Gasteiger partial charge is 0.623 e. The van der Waals surface area contributed by atoms with Gasteiger partial charge in [-0.1, -0.05) is 48.6 Å². The van der Waals surface area contributed by atoms with Gasteiger partial charge in [0.2, 0.25) is 0 Å². The molecule has 0 bridgehead atoms. The van der Waals surface area contributed by atoms with Crippen LogP contribution in [-0.4, -0.2) is 36.3 Å². The quantitative estimate of drug-likeness (QED) is 0.568. The van der Waals surface area contributed by atoms with Gasteiger partial charge in [0.05, 0.1) is 16.8 Å². The van der Waals surface area contributed by atoms with E-state index >= 15 is 0 Å². The monoisotopic (exact) mass is 354 g/mol. The smallest absolute Gasteiger partial charge is 0.290 e. The first kappa shape index (κ1) is 16.5. The van der Waals surface area contributed by atoms with Crippen LogP contribution in [0.5, 0.6) is 0 Å². The predicted octanol–water partition coefficient (Wildman–Crippen LogP) is 4.00. The number of rotatable bonds is 4. The van der Waals surface area contributed by atoms with E-state index in [1.54, 1.807) is 0 Å². The highest BCUT2D eigenvalue weighted by Gasteiger charge is 2.42. The third kappa shape index (κ3) is 2.91. The Morgan fingerprint density at radius 2 is 2.00 bits per heavy atom. The Labute approximate surface area is 151 Å². The zero-order valence-corrected chi connectivity index (χ0v) is 15.3. The van der Waals surface area contributed by atoms with Gasteiger partial charge >= 0.3 is 0 Å². The van der Waals surface area contributed by atoms with Gasteiger partial charge in [0.1, 0.15) is 6.67 Å². The number of hydroxylamine groups is 2. The fourth-order valence-corrected chi connectivity index (χ4v) is 4.50. The second-order valence-electron chi connectivity index (χ2n) is 6.61.